The van der Waals surface area contributed by atoms with Crippen molar-refractivity contribution >= 4 is 23.8 Å². The van der Waals surface area contributed by atoms with Crippen LogP contribution in [0.4, 0.5) is 9.59 Å². The summed E-state index contributed by atoms with van der Waals surface area (Å²) < 4.78 is 11.3. The van der Waals surface area contributed by atoms with Crippen molar-refractivity contribution in [3.05, 3.63) is 144 Å². The van der Waals surface area contributed by atoms with Crippen LogP contribution in [0.5, 0.6) is 0 Å². The fourth-order valence-corrected chi connectivity index (χ4v) is 8.68. The smallest absolute Gasteiger partial charge is 0.410 e. The van der Waals surface area contributed by atoms with Crippen molar-refractivity contribution in [2.75, 3.05) is 0 Å². The quantitative estimate of drug-likeness (QED) is 0.200. The second kappa shape index (κ2) is 16.4. The van der Waals surface area contributed by atoms with Crippen LogP contribution in [0.25, 0.3) is 0 Å². The zero-order valence-corrected chi connectivity index (χ0v) is 29.4. The highest BCUT2D eigenvalue weighted by molar-refractivity contribution is 5.81. The lowest BCUT2D eigenvalue weighted by Gasteiger charge is -2.33. The fraction of sp³-hybridized carbons (Fsp3) is 0.364. The molecule has 0 spiro atoms. The lowest BCUT2D eigenvalue weighted by atomic mass is 9.83. The van der Waals surface area contributed by atoms with Gasteiger partial charge in [-0.25, -0.2) is 9.59 Å². The van der Waals surface area contributed by atoms with Gasteiger partial charge in [0.15, 0.2) is 0 Å². The Balaban J connectivity index is 0.000000162. The van der Waals surface area contributed by atoms with Gasteiger partial charge in [-0.1, -0.05) is 121 Å². The summed E-state index contributed by atoms with van der Waals surface area (Å²) in [5, 5.41) is 0. The van der Waals surface area contributed by atoms with Gasteiger partial charge in [0.25, 0.3) is 0 Å². The zero-order chi connectivity index (χ0) is 35.9. The Hall–Kier alpha value is -5.24. The molecule has 2 saturated carbocycles. The number of hydrogen-bond donors (Lipinski definition) is 0. The molecule has 0 radical (unpaired) electrons. The summed E-state index contributed by atoms with van der Waals surface area (Å²) in [6, 6.07) is 39.8. The minimum Gasteiger partial charge on any atom is -0.445 e. The van der Waals surface area contributed by atoms with Gasteiger partial charge in [-0.3, -0.25) is 19.4 Å². The number of ketones is 2. The highest BCUT2D eigenvalue weighted by atomic mass is 16.6. The largest absolute Gasteiger partial charge is 0.445 e. The molecule has 6 atom stereocenters. The summed E-state index contributed by atoms with van der Waals surface area (Å²) in [5.41, 5.74) is 4.19. The van der Waals surface area contributed by atoms with Crippen LogP contribution < -0.4 is 0 Å². The second-order valence-corrected chi connectivity index (χ2v) is 14.4. The van der Waals surface area contributed by atoms with E-state index in [1.54, 1.807) is 0 Å². The topological polar surface area (TPSA) is 93.2 Å². The standard InChI is InChI=1S/2C22H23NO3/c2*24-19-11-12-20-18(13-19)14-21(17-9-5-2-6-10-17)23(20)22(25)26-15-16-7-3-1-4-8-16/h2*1-10,18,20-21H,11-15H2/t2*18-,20+,21+/m10/s1. The monoisotopic (exact) mass is 698 g/mol. The van der Waals surface area contributed by atoms with Gasteiger partial charge in [0.05, 0.1) is 12.1 Å². The van der Waals surface area contributed by atoms with Crippen molar-refractivity contribution in [2.24, 2.45) is 11.8 Å². The van der Waals surface area contributed by atoms with Gasteiger partial charge in [0, 0.05) is 37.8 Å². The van der Waals surface area contributed by atoms with Crippen LogP contribution >= 0.6 is 0 Å². The molecule has 2 amide bonds. The Morgan fingerprint density at radius 2 is 0.865 bits per heavy atom. The van der Waals surface area contributed by atoms with Crippen molar-refractivity contribution in [2.45, 2.75) is 88.7 Å². The van der Waals surface area contributed by atoms with E-state index in [1.165, 1.54) is 0 Å². The molecule has 4 fully saturated rings. The normalized spacial score (nSPS) is 25.0. The Labute approximate surface area is 305 Å². The molecular weight excluding hydrogens is 652 g/mol. The molecule has 8 rings (SSSR count). The van der Waals surface area contributed by atoms with Crippen LogP contribution in [0, 0.1) is 11.8 Å². The van der Waals surface area contributed by atoms with Gasteiger partial charge < -0.3 is 9.47 Å². The molecule has 52 heavy (non-hydrogen) atoms. The van der Waals surface area contributed by atoms with Crippen LogP contribution in [0.15, 0.2) is 121 Å². The minimum atomic E-state index is -0.274. The summed E-state index contributed by atoms with van der Waals surface area (Å²) in [4.78, 5) is 53.5. The highest BCUT2D eigenvalue weighted by Crippen LogP contribution is 2.47. The third kappa shape index (κ3) is 8.12. The number of hydrogen-bond acceptors (Lipinski definition) is 6. The summed E-state index contributed by atoms with van der Waals surface area (Å²) in [7, 11) is 0. The molecular formula is C44H46N2O6. The first-order valence-corrected chi connectivity index (χ1v) is 18.6. The maximum absolute atomic E-state index is 13.0. The van der Waals surface area contributed by atoms with E-state index in [1.807, 2.05) is 107 Å². The summed E-state index contributed by atoms with van der Waals surface area (Å²) in [6.45, 7) is 0.544. The van der Waals surface area contributed by atoms with E-state index in [4.69, 9.17) is 9.47 Å². The maximum atomic E-state index is 13.0. The molecule has 2 aliphatic carbocycles. The Morgan fingerprint density at radius 1 is 0.519 bits per heavy atom. The van der Waals surface area contributed by atoms with Crippen molar-refractivity contribution in [1.29, 1.82) is 0 Å². The molecule has 2 heterocycles. The number of likely N-dealkylation sites (tertiary alicyclic amines) is 2. The number of fused-ring (bicyclic) bond motifs is 2. The summed E-state index contributed by atoms with van der Waals surface area (Å²) >= 11 is 0. The van der Waals surface area contributed by atoms with E-state index < -0.39 is 0 Å². The molecule has 4 aromatic carbocycles. The number of Topliss-reactive ketones (excluding diaryl/α,β-unsaturated/α-hetero) is 2. The SMILES string of the molecule is O=C1CC[C@@H]2[C@@H](C1)C[C@H](c1ccccc1)N2C(=O)OCc1ccccc1.O=C1CC[C@H]2[C@H](C1)C[C@@H](c1ccccc1)N2C(=O)OCc1ccccc1. The lowest BCUT2D eigenvalue weighted by Crippen LogP contribution is -2.41. The van der Waals surface area contributed by atoms with Crippen molar-refractivity contribution in [3.8, 4) is 0 Å². The molecule has 0 bridgehead atoms. The third-order valence-corrected chi connectivity index (χ3v) is 11.1. The third-order valence-electron chi connectivity index (χ3n) is 11.1. The van der Waals surface area contributed by atoms with Crippen LogP contribution in [0.3, 0.4) is 0 Å². The number of amides is 2. The number of ether oxygens (including phenoxy) is 2. The lowest BCUT2D eigenvalue weighted by molar-refractivity contribution is -0.123. The Kier molecular flexibility index (Phi) is 11.1. The van der Waals surface area contributed by atoms with Gasteiger partial charge in [-0.2, -0.15) is 0 Å². The van der Waals surface area contributed by atoms with Gasteiger partial charge in [-0.05, 0) is 59.8 Å². The summed E-state index contributed by atoms with van der Waals surface area (Å²) in [5.74, 6) is 1.12. The first kappa shape index (κ1) is 35.2. The van der Waals surface area contributed by atoms with Crippen LogP contribution in [-0.2, 0) is 32.3 Å². The molecule has 268 valence electrons. The van der Waals surface area contributed by atoms with Crippen molar-refractivity contribution in [1.82, 2.24) is 9.80 Å². The van der Waals surface area contributed by atoms with E-state index in [9.17, 15) is 19.2 Å². The van der Waals surface area contributed by atoms with Crippen LogP contribution in [0.1, 0.15) is 85.7 Å². The molecule has 2 saturated heterocycles. The Morgan fingerprint density at radius 3 is 1.23 bits per heavy atom. The number of rotatable bonds is 6. The van der Waals surface area contributed by atoms with E-state index in [0.29, 0.717) is 37.2 Å². The Bertz CT molecular complexity index is 1680. The summed E-state index contributed by atoms with van der Waals surface area (Å²) in [6.07, 6.45) is 4.89. The number of carbonyl (C=O) groups is 4. The van der Waals surface area contributed by atoms with Gasteiger partial charge in [-0.15, -0.1) is 0 Å². The number of carbonyl (C=O) groups excluding carboxylic acids is 4. The minimum absolute atomic E-state index is 0.0135. The van der Waals surface area contributed by atoms with Gasteiger partial charge in [0.2, 0.25) is 0 Å². The van der Waals surface area contributed by atoms with Gasteiger partial charge >= 0.3 is 12.2 Å². The van der Waals surface area contributed by atoms with E-state index in [0.717, 1.165) is 47.9 Å². The van der Waals surface area contributed by atoms with E-state index >= 15 is 0 Å². The first-order chi connectivity index (χ1) is 25.4. The molecule has 0 aromatic heterocycles. The molecule has 8 heteroatoms. The molecule has 4 aliphatic rings. The molecule has 4 aromatic rings. The predicted molar refractivity (Wildman–Crippen MR) is 197 cm³/mol. The van der Waals surface area contributed by atoms with Crippen LogP contribution in [-0.4, -0.2) is 45.6 Å². The van der Waals surface area contributed by atoms with Crippen molar-refractivity contribution in [3.63, 3.8) is 0 Å². The van der Waals surface area contributed by atoms with E-state index in [2.05, 4.69) is 24.3 Å². The number of nitrogens with zero attached hydrogens (tertiary/aromatic N) is 2. The molecule has 2 aliphatic heterocycles. The number of benzene rings is 4. The van der Waals surface area contributed by atoms with E-state index in [-0.39, 0.29) is 61.4 Å². The first-order valence-electron chi connectivity index (χ1n) is 18.6. The fourth-order valence-electron chi connectivity index (χ4n) is 8.68. The second-order valence-electron chi connectivity index (χ2n) is 14.4. The predicted octanol–water partition coefficient (Wildman–Crippen LogP) is 9.02. The zero-order valence-electron chi connectivity index (χ0n) is 29.4. The molecule has 8 nitrogen and oxygen atoms in total. The highest BCUT2D eigenvalue weighted by Gasteiger charge is 2.48. The molecule has 0 N–H and O–H groups in total. The van der Waals surface area contributed by atoms with Crippen molar-refractivity contribution < 1.29 is 28.7 Å². The average Bonchev–Trinajstić information content (AvgIpc) is 3.76. The average molecular weight is 699 g/mol. The van der Waals surface area contributed by atoms with Gasteiger partial charge in [0.1, 0.15) is 24.8 Å². The maximum Gasteiger partial charge on any atom is 0.410 e. The van der Waals surface area contributed by atoms with Crippen LogP contribution in [0.2, 0.25) is 0 Å². The molecule has 0 unspecified atom stereocenters.